The fraction of sp³-hybridized carbons (Fsp3) is 0.800. The summed E-state index contributed by atoms with van der Waals surface area (Å²) in [6.45, 7) is 2.34. The summed E-state index contributed by atoms with van der Waals surface area (Å²) in [5, 5.41) is 2.61. The van der Waals surface area contributed by atoms with Gasteiger partial charge >= 0.3 is 0 Å². The molecule has 2 nitrogen and oxygen atoms in total. The van der Waals surface area contributed by atoms with Gasteiger partial charge in [0.1, 0.15) is 0 Å². The Kier molecular flexibility index (Phi) is 9.60. The van der Waals surface area contributed by atoms with Gasteiger partial charge in [-0.1, -0.05) is 43.6 Å². The quantitative estimate of drug-likeness (QED) is 0.655. The molecule has 0 amide bonds. The second-order valence-electron chi connectivity index (χ2n) is 6.91. The van der Waals surface area contributed by atoms with Crippen molar-refractivity contribution >= 4 is 0 Å². The van der Waals surface area contributed by atoms with Crippen molar-refractivity contribution in [3.63, 3.8) is 0 Å². The minimum Gasteiger partial charge on any atom is -0.255 e. The fourth-order valence-electron chi connectivity index (χ4n) is 3.62. The van der Waals surface area contributed by atoms with Crippen LogP contribution in [-0.2, 0) is 0 Å². The van der Waals surface area contributed by atoms with Crippen molar-refractivity contribution in [1.82, 2.24) is 10.4 Å². The van der Waals surface area contributed by atoms with Gasteiger partial charge in [-0.25, -0.2) is 5.01 Å². The van der Waals surface area contributed by atoms with Crippen LogP contribution in [0.2, 0.25) is 0 Å². The fourth-order valence-corrected chi connectivity index (χ4v) is 3.62. The molecule has 22 heavy (non-hydrogen) atoms. The molecule has 1 aliphatic carbocycles. The van der Waals surface area contributed by atoms with Gasteiger partial charge in [0.2, 0.25) is 0 Å². The van der Waals surface area contributed by atoms with Crippen LogP contribution >= 0.6 is 0 Å². The molecular formula is C20H36N2. The Hall–Kier alpha value is -0.600. The lowest BCUT2D eigenvalue weighted by atomic mass is 10.0. The van der Waals surface area contributed by atoms with Gasteiger partial charge in [0.25, 0.3) is 0 Å². The highest BCUT2D eigenvalue weighted by atomic mass is 15.5. The van der Waals surface area contributed by atoms with E-state index in [2.05, 4.69) is 34.7 Å². The predicted molar refractivity (Wildman–Crippen MR) is 96.8 cm³/mol. The van der Waals surface area contributed by atoms with E-state index in [-0.39, 0.29) is 0 Å². The van der Waals surface area contributed by atoms with Gasteiger partial charge in [-0.2, -0.15) is 0 Å². The summed E-state index contributed by atoms with van der Waals surface area (Å²) in [5.41, 5.74) is 3.75. The Morgan fingerprint density at radius 1 is 0.636 bits per heavy atom. The lowest BCUT2D eigenvalue weighted by Crippen LogP contribution is -2.46. The minimum absolute atomic E-state index is 0.747. The van der Waals surface area contributed by atoms with E-state index in [4.69, 9.17) is 0 Å². The number of nitrogens with zero attached hydrogens (tertiary/aromatic N) is 1. The molecular weight excluding hydrogens is 268 g/mol. The predicted octanol–water partition coefficient (Wildman–Crippen LogP) is 5.37. The number of hydrogen-bond donors (Lipinski definition) is 1. The van der Waals surface area contributed by atoms with Gasteiger partial charge in [-0.3, -0.25) is 5.43 Å². The zero-order valence-electron chi connectivity index (χ0n) is 14.4. The van der Waals surface area contributed by atoms with Crippen LogP contribution in [0, 0.1) is 0 Å². The van der Waals surface area contributed by atoms with Gasteiger partial charge in [0.15, 0.2) is 0 Å². The molecule has 0 aromatic heterocycles. The summed E-state index contributed by atoms with van der Waals surface area (Å²) < 4.78 is 0. The highest BCUT2D eigenvalue weighted by Gasteiger charge is 2.17. The van der Waals surface area contributed by atoms with E-state index in [0.29, 0.717) is 0 Å². The number of nitrogens with one attached hydrogen (secondary N) is 1. The van der Waals surface area contributed by atoms with E-state index in [1.165, 1.54) is 90.0 Å². The zero-order valence-corrected chi connectivity index (χ0v) is 14.4. The number of rotatable bonds is 1. The molecule has 1 unspecified atom stereocenters. The van der Waals surface area contributed by atoms with E-state index >= 15 is 0 Å². The molecule has 0 aromatic carbocycles. The van der Waals surface area contributed by atoms with Gasteiger partial charge < -0.3 is 0 Å². The van der Waals surface area contributed by atoms with Crippen molar-refractivity contribution in [1.29, 1.82) is 0 Å². The van der Waals surface area contributed by atoms with Crippen LogP contribution in [0.3, 0.4) is 0 Å². The van der Waals surface area contributed by atoms with Crippen LogP contribution in [0.15, 0.2) is 24.3 Å². The van der Waals surface area contributed by atoms with E-state index in [0.717, 1.165) is 12.6 Å². The maximum absolute atomic E-state index is 3.75. The van der Waals surface area contributed by atoms with Crippen molar-refractivity contribution in [2.75, 3.05) is 13.1 Å². The summed E-state index contributed by atoms with van der Waals surface area (Å²) in [6.07, 6.45) is 26.9. The molecule has 1 heterocycles. The molecule has 0 saturated carbocycles. The second kappa shape index (κ2) is 11.9. The normalized spacial score (nSPS) is 29.2. The Morgan fingerprint density at radius 3 is 2.09 bits per heavy atom. The maximum atomic E-state index is 3.75. The van der Waals surface area contributed by atoms with Gasteiger partial charge in [0.05, 0.1) is 0 Å². The molecule has 2 rings (SSSR count). The third-order valence-electron chi connectivity index (χ3n) is 4.99. The third kappa shape index (κ3) is 7.60. The molecule has 1 aliphatic heterocycles. The Bertz CT molecular complexity index is 290. The monoisotopic (exact) mass is 304 g/mol. The molecule has 0 bridgehead atoms. The summed E-state index contributed by atoms with van der Waals surface area (Å²) in [7, 11) is 0. The lowest BCUT2D eigenvalue weighted by molar-refractivity contribution is 0.105. The zero-order chi connectivity index (χ0) is 15.3. The molecule has 0 radical (unpaired) electrons. The van der Waals surface area contributed by atoms with Crippen molar-refractivity contribution in [3.05, 3.63) is 24.3 Å². The number of hydrogen-bond acceptors (Lipinski definition) is 2. The van der Waals surface area contributed by atoms with Crippen LogP contribution < -0.4 is 5.43 Å². The average Bonchev–Trinajstić information content (AvgIpc) is 2.64. The number of allylic oxidation sites excluding steroid dienone is 3. The lowest BCUT2D eigenvalue weighted by Gasteiger charge is -2.32. The molecule has 2 heteroatoms. The Labute approximate surface area is 138 Å². The van der Waals surface area contributed by atoms with Crippen LogP contribution in [-0.4, -0.2) is 24.1 Å². The highest BCUT2D eigenvalue weighted by molar-refractivity contribution is 4.85. The maximum Gasteiger partial charge on any atom is 0.0243 e. The SMILES string of the molecule is C1=CCCCC(N2CCCCC/C=C\CCN2)CCCCC1. The van der Waals surface area contributed by atoms with Crippen molar-refractivity contribution < 1.29 is 0 Å². The van der Waals surface area contributed by atoms with Crippen LogP contribution in [0.5, 0.6) is 0 Å². The standard InChI is InChI=1S/C20H36N2/c1-2-5-9-13-17-20(16-12-8-4-1)22-19-15-11-7-3-6-10-14-18-21-22/h1,4,6,10,20-21H,2-3,5,7-9,11-19H2/b4-1?,10-6-. The van der Waals surface area contributed by atoms with Crippen LogP contribution in [0.4, 0.5) is 0 Å². The first-order valence-electron chi connectivity index (χ1n) is 9.77. The van der Waals surface area contributed by atoms with Crippen LogP contribution in [0.25, 0.3) is 0 Å². The average molecular weight is 305 g/mol. The smallest absolute Gasteiger partial charge is 0.0243 e. The molecule has 0 saturated heterocycles. The molecule has 0 aromatic rings. The Balaban J connectivity index is 1.87. The highest BCUT2D eigenvalue weighted by Crippen LogP contribution is 2.18. The van der Waals surface area contributed by atoms with Gasteiger partial charge in [-0.05, 0) is 64.2 Å². The van der Waals surface area contributed by atoms with Crippen molar-refractivity contribution in [2.45, 2.75) is 89.5 Å². The first-order valence-corrected chi connectivity index (χ1v) is 9.77. The van der Waals surface area contributed by atoms with Crippen molar-refractivity contribution in [3.8, 4) is 0 Å². The third-order valence-corrected chi connectivity index (χ3v) is 4.99. The number of hydrazine groups is 1. The Morgan fingerprint density at radius 2 is 1.27 bits per heavy atom. The minimum atomic E-state index is 0.747. The molecule has 0 spiro atoms. The van der Waals surface area contributed by atoms with Crippen molar-refractivity contribution in [2.24, 2.45) is 0 Å². The largest absolute Gasteiger partial charge is 0.255 e. The molecule has 1 atom stereocenters. The summed E-state index contributed by atoms with van der Waals surface area (Å²) in [4.78, 5) is 0. The van der Waals surface area contributed by atoms with E-state index in [1.807, 2.05) is 0 Å². The summed E-state index contributed by atoms with van der Waals surface area (Å²) in [6, 6.07) is 0.747. The molecule has 0 fully saturated rings. The summed E-state index contributed by atoms with van der Waals surface area (Å²) >= 11 is 0. The van der Waals surface area contributed by atoms with Crippen LogP contribution in [0.1, 0.15) is 83.5 Å². The van der Waals surface area contributed by atoms with Gasteiger partial charge in [0, 0.05) is 19.1 Å². The first-order chi connectivity index (χ1) is 11.0. The van der Waals surface area contributed by atoms with Gasteiger partial charge in [-0.15, -0.1) is 0 Å². The second-order valence-corrected chi connectivity index (χ2v) is 6.91. The molecule has 2 aliphatic rings. The van der Waals surface area contributed by atoms with E-state index < -0.39 is 0 Å². The van der Waals surface area contributed by atoms with E-state index in [1.54, 1.807) is 0 Å². The summed E-state index contributed by atoms with van der Waals surface area (Å²) in [5.74, 6) is 0. The van der Waals surface area contributed by atoms with E-state index in [9.17, 15) is 0 Å². The molecule has 126 valence electrons. The topological polar surface area (TPSA) is 15.3 Å². The molecule has 1 N–H and O–H groups in total. The first kappa shape index (κ1) is 17.7.